The van der Waals surface area contributed by atoms with E-state index < -0.39 is 11.6 Å². The summed E-state index contributed by atoms with van der Waals surface area (Å²) in [5, 5.41) is 11.6. The van der Waals surface area contributed by atoms with Crippen molar-refractivity contribution in [2.45, 2.75) is 13.1 Å². The van der Waals surface area contributed by atoms with Gasteiger partial charge < -0.3 is 10.1 Å². The number of nitrogens with one attached hydrogen (secondary N) is 1. The van der Waals surface area contributed by atoms with Gasteiger partial charge in [-0.2, -0.15) is 5.26 Å². The van der Waals surface area contributed by atoms with Gasteiger partial charge in [0, 0.05) is 13.1 Å². The predicted octanol–water partition coefficient (Wildman–Crippen LogP) is 3.16. The highest BCUT2D eigenvalue weighted by Gasteiger charge is 2.02. The molecule has 0 spiro atoms. The van der Waals surface area contributed by atoms with Crippen molar-refractivity contribution in [1.82, 2.24) is 5.32 Å². The highest BCUT2D eigenvalue weighted by molar-refractivity contribution is 5.27. The van der Waals surface area contributed by atoms with Crippen molar-refractivity contribution in [3.8, 4) is 11.8 Å². The number of halogens is 2. The molecule has 0 bridgehead atoms. The maximum absolute atomic E-state index is 13.0. The third-order valence-electron chi connectivity index (χ3n) is 2.87. The molecule has 0 saturated heterocycles. The number of nitrogens with zero attached hydrogens (tertiary/aromatic N) is 1. The predicted molar refractivity (Wildman–Crippen MR) is 74.5 cm³/mol. The Labute approximate surface area is 121 Å². The summed E-state index contributed by atoms with van der Waals surface area (Å²) in [4.78, 5) is 0. The second kappa shape index (κ2) is 7.36. The number of hydrogen-bond acceptors (Lipinski definition) is 3. The van der Waals surface area contributed by atoms with E-state index in [9.17, 15) is 8.78 Å². The molecule has 0 aromatic heterocycles. The van der Waals surface area contributed by atoms with Gasteiger partial charge in [0.1, 0.15) is 11.8 Å². The van der Waals surface area contributed by atoms with Gasteiger partial charge >= 0.3 is 0 Å². The number of rotatable bonds is 6. The van der Waals surface area contributed by atoms with Gasteiger partial charge in [0.15, 0.2) is 18.2 Å². The van der Waals surface area contributed by atoms with Crippen LogP contribution in [0.4, 0.5) is 8.78 Å². The van der Waals surface area contributed by atoms with Crippen molar-refractivity contribution in [1.29, 1.82) is 5.26 Å². The summed E-state index contributed by atoms with van der Waals surface area (Å²) in [5.74, 6) is -1.04. The molecule has 2 rings (SSSR count). The molecule has 0 aliphatic rings. The van der Waals surface area contributed by atoms with E-state index in [0.29, 0.717) is 24.4 Å². The molecule has 0 amide bonds. The van der Waals surface area contributed by atoms with Crippen LogP contribution in [0.2, 0.25) is 0 Å². The molecule has 0 atom stereocenters. The Balaban J connectivity index is 1.83. The topological polar surface area (TPSA) is 45.0 Å². The normalized spacial score (nSPS) is 10.1. The zero-order chi connectivity index (χ0) is 15.1. The molecule has 2 aromatic carbocycles. The van der Waals surface area contributed by atoms with Crippen LogP contribution in [0.15, 0.2) is 42.5 Å². The minimum absolute atomic E-state index is 0.0216. The van der Waals surface area contributed by atoms with Crippen LogP contribution in [0.25, 0.3) is 0 Å². The lowest BCUT2D eigenvalue weighted by Crippen LogP contribution is -2.12. The van der Waals surface area contributed by atoms with Crippen LogP contribution in [0, 0.1) is 23.0 Å². The van der Waals surface area contributed by atoms with Gasteiger partial charge in [0.2, 0.25) is 0 Å². The van der Waals surface area contributed by atoms with E-state index in [-0.39, 0.29) is 6.61 Å². The van der Waals surface area contributed by atoms with Gasteiger partial charge in [-0.15, -0.1) is 0 Å². The fourth-order valence-electron chi connectivity index (χ4n) is 1.82. The van der Waals surface area contributed by atoms with Gasteiger partial charge in [0.05, 0.1) is 0 Å². The molecule has 5 heteroatoms. The Kier molecular flexibility index (Phi) is 5.24. The van der Waals surface area contributed by atoms with Gasteiger partial charge in [0.25, 0.3) is 0 Å². The summed E-state index contributed by atoms with van der Waals surface area (Å²) < 4.78 is 31.0. The Morgan fingerprint density at radius 1 is 0.952 bits per heavy atom. The highest BCUT2D eigenvalue weighted by Crippen LogP contribution is 2.12. The van der Waals surface area contributed by atoms with Crippen LogP contribution in [-0.2, 0) is 13.1 Å². The number of ether oxygens (including phenoxy) is 1. The monoisotopic (exact) mass is 288 g/mol. The zero-order valence-corrected chi connectivity index (χ0v) is 11.3. The Hall–Kier alpha value is -2.45. The summed E-state index contributed by atoms with van der Waals surface area (Å²) in [5.41, 5.74) is 1.71. The van der Waals surface area contributed by atoms with E-state index in [2.05, 4.69) is 5.32 Å². The first-order valence-electron chi connectivity index (χ1n) is 6.42. The van der Waals surface area contributed by atoms with E-state index in [1.54, 1.807) is 18.2 Å². The molecule has 0 heterocycles. The Bertz CT molecular complexity index is 636. The molecule has 0 aliphatic heterocycles. The third kappa shape index (κ3) is 4.55. The third-order valence-corrected chi connectivity index (χ3v) is 2.87. The van der Waals surface area contributed by atoms with Crippen LogP contribution < -0.4 is 10.1 Å². The van der Waals surface area contributed by atoms with E-state index in [0.717, 1.165) is 11.6 Å². The maximum atomic E-state index is 13.0. The van der Waals surface area contributed by atoms with Crippen LogP contribution in [-0.4, -0.2) is 6.61 Å². The molecule has 1 N–H and O–H groups in total. The van der Waals surface area contributed by atoms with Gasteiger partial charge in [-0.25, -0.2) is 8.78 Å². The molecule has 0 aliphatic carbocycles. The molecule has 3 nitrogen and oxygen atoms in total. The molecular formula is C16H14F2N2O. The van der Waals surface area contributed by atoms with Crippen LogP contribution in [0.3, 0.4) is 0 Å². The van der Waals surface area contributed by atoms with Gasteiger partial charge in [-0.3, -0.25) is 0 Å². The van der Waals surface area contributed by atoms with E-state index >= 15 is 0 Å². The standard InChI is InChI=1S/C16H14F2N2O/c17-15-6-3-13(9-16(15)18)11-20-10-12-1-4-14(5-2-12)21-8-7-19/h1-6,9,20H,8,10-11H2. The van der Waals surface area contributed by atoms with Crippen molar-refractivity contribution in [2.75, 3.05) is 6.61 Å². The minimum atomic E-state index is -0.841. The molecule has 21 heavy (non-hydrogen) atoms. The van der Waals surface area contributed by atoms with E-state index in [1.165, 1.54) is 6.07 Å². The first-order chi connectivity index (χ1) is 10.2. The van der Waals surface area contributed by atoms with E-state index in [4.69, 9.17) is 10.00 Å². The fourth-order valence-corrected chi connectivity index (χ4v) is 1.82. The minimum Gasteiger partial charge on any atom is -0.479 e. The molecule has 108 valence electrons. The number of benzene rings is 2. The van der Waals surface area contributed by atoms with Crippen molar-refractivity contribution in [2.24, 2.45) is 0 Å². The second-order valence-electron chi connectivity index (χ2n) is 4.44. The average molecular weight is 288 g/mol. The first kappa shape index (κ1) is 14.9. The molecular weight excluding hydrogens is 274 g/mol. The summed E-state index contributed by atoms with van der Waals surface area (Å²) in [6, 6.07) is 13.1. The lowest BCUT2D eigenvalue weighted by Gasteiger charge is -2.07. The quantitative estimate of drug-likeness (QED) is 0.888. The molecule has 0 fully saturated rings. The molecule has 0 radical (unpaired) electrons. The van der Waals surface area contributed by atoms with Crippen LogP contribution in [0.1, 0.15) is 11.1 Å². The highest BCUT2D eigenvalue weighted by atomic mass is 19.2. The summed E-state index contributed by atoms with van der Waals surface area (Å²) in [6.07, 6.45) is 0. The summed E-state index contributed by atoms with van der Waals surface area (Å²) in [6.45, 7) is 1.06. The van der Waals surface area contributed by atoms with Gasteiger partial charge in [-0.1, -0.05) is 18.2 Å². The number of hydrogen-bond donors (Lipinski definition) is 1. The summed E-state index contributed by atoms with van der Waals surface area (Å²) in [7, 11) is 0. The Morgan fingerprint density at radius 2 is 1.62 bits per heavy atom. The molecule has 2 aromatic rings. The largest absolute Gasteiger partial charge is 0.479 e. The zero-order valence-electron chi connectivity index (χ0n) is 11.3. The molecule has 0 unspecified atom stereocenters. The second-order valence-corrected chi connectivity index (χ2v) is 4.44. The van der Waals surface area contributed by atoms with Gasteiger partial charge in [-0.05, 0) is 35.4 Å². The van der Waals surface area contributed by atoms with E-state index in [1.807, 2.05) is 18.2 Å². The Morgan fingerprint density at radius 3 is 2.29 bits per heavy atom. The van der Waals surface area contributed by atoms with Crippen molar-refractivity contribution < 1.29 is 13.5 Å². The smallest absolute Gasteiger partial charge is 0.174 e. The maximum Gasteiger partial charge on any atom is 0.174 e. The lowest BCUT2D eigenvalue weighted by molar-refractivity contribution is 0.368. The van der Waals surface area contributed by atoms with Crippen molar-refractivity contribution in [3.05, 3.63) is 65.2 Å². The molecule has 0 saturated carbocycles. The summed E-state index contributed by atoms with van der Waals surface area (Å²) >= 11 is 0. The fraction of sp³-hybridized carbons (Fsp3) is 0.188. The SMILES string of the molecule is N#CCOc1ccc(CNCc2ccc(F)c(F)c2)cc1. The first-order valence-corrected chi connectivity index (χ1v) is 6.42. The van der Waals surface area contributed by atoms with Crippen LogP contribution in [0.5, 0.6) is 5.75 Å². The lowest BCUT2D eigenvalue weighted by atomic mass is 10.2. The van der Waals surface area contributed by atoms with Crippen LogP contribution >= 0.6 is 0 Å². The number of nitriles is 1. The average Bonchev–Trinajstić information content (AvgIpc) is 2.50. The van der Waals surface area contributed by atoms with Crippen molar-refractivity contribution in [3.63, 3.8) is 0 Å². The van der Waals surface area contributed by atoms with Crippen molar-refractivity contribution >= 4 is 0 Å².